The number of hydrogen-bond acceptors (Lipinski definition) is 1. The minimum absolute atomic E-state index is 0.185. The molecule has 1 heteroatoms. The Hall–Kier alpha value is -1.89. The van der Waals surface area contributed by atoms with Crippen LogP contribution in [0.15, 0.2) is 48.5 Å². The second-order valence-electron chi connectivity index (χ2n) is 5.77. The molecule has 0 N–H and O–H groups in total. The molecule has 0 bridgehead atoms. The molecule has 0 spiro atoms. The van der Waals surface area contributed by atoms with Gasteiger partial charge in [0, 0.05) is 11.5 Å². The molecular weight excluding hydrogens is 244 g/mol. The number of Topliss-reactive ketones (excluding diaryl/α,β-unsaturated/α-hetero) is 1. The topological polar surface area (TPSA) is 17.1 Å². The van der Waals surface area contributed by atoms with Crippen molar-refractivity contribution < 1.29 is 4.79 Å². The van der Waals surface area contributed by atoms with Crippen LogP contribution in [0.2, 0.25) is 0 Å². The minimum atomic E-state index is 0.185. The van der Waals surface area contributed by atoms with Crippen molar-refractivity contribution in [3.05, 3.63) is 70.8 Å². The fourth-order valence-corrected chi connectivity index (χ4v) is 2.79. The van der Waals surface area contributed by atoms with Gasteiger partial charge in [0.1, 0.15) is 0 Å². The maximum Gasteiger partial charge on any atom is 0.166 e. The van der Waals surface area contributed by atoms with Gasteiger partial charge in [0.2, 0.25) is 0 Å². The monoisotopic (exact) mass is 264 g/mol. The van der Waals surface area contributed by atoms with Gasteiger partial charge in [0.05, 0.1) is 0 Å². The second kappa shape index (κ2) is 5.24. The van der Waals surface area contributed by atoms with Gasteiger partial charge < -0.3 is 0 Å². The van der Waals surface area contributed by atoms with E-state index in [1.54, 1.807) is 0 Å². The van der Waals surface area contributed by atoms with E-state index in [1.165, 1.54) is 16.7 Å². The van der Waals surface area contributed by atoms with Crippen LogP contribution in [0.25, 0.3) is 0 Å². The van der Waals surface area contributed by atoms with Gasteiger partial charge in [-0.15, -0.1) is 0 Å². The van der Waals surface area contributed by atoms with Crippen molar-refractivity contribution >= 4 is 5.78 Å². The number of hydrogen-bond donors (Lipinski definition) is 0. The number of aryl methyl sites for hydroxylation is 2. The van der Waals surface area contributed by atoms with Gasteiger partial charge in [-0.3, -0.25) is 4.79 Å². The first-order valence-electron chi connectivity index (χ1n) is 7.38. The lowest BCUT2D eigenvalue weighted by Crippen LogP contribution is -2.03. The summed E-state index contributed by atoms with van der Waals surface area (Å²) >= 11 is 0. The lowest BCUT2D eigenvalue weighted by Gasteiger charge is -2.03. The summed E-state index contributed by atoms with van der Waals surface area (Å²) in [6.45, 7) is 4.21. The molecule has 1 nitrogen and oxygen atoms in total. The quantitative estimate of drug-likeness (QED) is 0.741. The predicted molar refractivity (Wildman–Crippen MR) is 82.2 cm³/mol. The van der Waals surface area contributed by atoms with E-state index in [2.05, 4.69) is 31.2 Å². The number of rotatable bonds is 4. The van der Waals surface area contributed by atoms with Crippen LogP contribution in [0.4, 0.5) is 0 Å². The van der Waals surface area contributed by atoms with Crippen molar-refractivity contribution in [3.63, 3.8) is 0 Å². The third kappa shape index (κ3) is 2.53. The van der Waals surface area contributed by atoms with E-state index in [9.17, 15) is 4.79 Å². The summed E-state index contributed by atoms with van der Waals surface area (Å²) in [6.07, 6.45) is 2.06. The normalized spacial score (nSPS) is 20.7. The standard InChI is InChI=1S/C19H20O/c1-3-14-6-10-15(11-7-14)17-12-18(17)19(20)16-8-4-13(2)5-9-16/h4-11,17-18H,3,12H2,1-2H3. The van der Waals surface area contributed by atoms with Crippen LogP contribution in [0, 0.1) is 12.8 Å². The maximum atomic E-state index is 12.4. The number of carbonyl (C=O) groups excluding carboxylic acids is 1. The summed E-state index contributed by atoms with van der Waals surface area (Å²) in [5.74, 6) is 0.912. The zero-order valence-electron chi connectivity index (χ0n) is 12.1. The molecule has 102 valence electrons. The van der Waals surface area contributed by atoms with Crippen LogP contribution in [0.3, 0.4) is 0 Å². The van der Waals surface area contributed by atoms with Crippen LogP contribution in [0.1, 0.15) is 46.3 Å². The van der Waals surface area contributed by atoms with Crippen molar-refractivity contribution in [1.82, 2.24) is 0 Å². The fraction of sp³-hybridized carbons (Fsp3) is 0.316. The van der Waals surface area contributed by atoms with Crippen LogP contribution in [-0.2, 0) is 6.42 Å². The lowest BCUT2D eigenvalue weighted by molar-refractivity contribution is 0.0965. The molecule has 2 unspecified atom stereocenters. The molecular formula is C19H20O. The third-order valence-electron chi connectivity index (χ3n) is 4.28. The first kappa shape index (κ1) is 13.1. The van der Waals surface area contributed by atoms with Crippen molar-refractivity contribution in [2.24, 2.45) is 5.92 Å². The van der Waals surface area contributed by atoms with Crippen molar-refractivity contribution in [2.75, 3.05) is 0 Å². The molecule has 1 aliphatic rings. The zero-order valence-corrected chi connectivity index (χ0v) is 12.1. The van der Waals surface area contributed by atoms with Gasteiger partial charge in [0.15, 0.2) is 5.78 Å². The van der Waals surface area contributed by atoms with Crippen molar-refractivity contribution in [1.29, 1.82) is 0 Å². The molecule has 2 aromatic rings. The fourth-order valence-electron chi connectivity index (χ4n) is 2.79. The van der Waals surface area contributed by atoms with Gasteiger partial charge in [-0.2, -0.15) is 0 Å². The van der Waals surface area contributed by atoms with E-state index >= 15 is 0 Å². The van der Waals surface area contributed by atoms with Gasteiger partial charge in [-0.25, -0.2) is 0 Å². The molecule has 1 fully saturated rings. The second-order valence-corrected chi connectivity index (χ2v) is 5.77. The van der Waals surface area contributed by atoms with Gasteiger partial charge in [-0.1, -0.05) is 61.0 Å². The molecule has 0 heterocycles. The Morgan fingerprint density at radius 3 is 2.30 bits per heavy atom. The number of benzene rings is 2. The van der Waals surface area contributed by atoms with Gasteiger partial charge >= 0.3 is 0 Å². The van der Waals surface area contributed by atoms with Crippen LogP contribution in [0.5, 0.6) is 0 Å². The molecule has 0 amide bonds. The Labute approximate surface area is 120 Å². The van der Waals surface area contributed by atoms with Crippen molar-refractivity contribution in [2.45, 2.75) is 32.6 Å². The summed E-state index contributed by atoms with van der Waals surface area (Å²) in [5.41, 5.74) is 4.72. The Morgan fingerprint density at radius 1 is 1.05 bits per heavy atom. The van der Waals surface area contributed by atoms with Gasteiger partial charge in [0.25, 0.3) is 0 Å². The SMILES string of the molecule is CCc1ccc(C2CC2C(=O)c2ccc(C)cc2)cc1. The third-order valence-corrected chi connectivity index (χ3v) is 4.28. The highest BCUT2D eigenvalue weighted by Gasteiger charge is 2.43. The zero-order chi connectivity index (χ0) is 14.1. The molecule has 2 aromatic carbocycles. The Morgan fingerprint density at radius 2 is 1.70 bits per heavy atom. The number of carbonyl (C=O) groups is 1. The van der Waals surface area contributed by atoms with E-state index in [0.717, 1.165) is 18.4 Å². The maximum absolute atomic E-state index is 12.4. The average molecular weight is 264 g/mol. The molecule has 20 heavy (non-hydrogen) atoms. The van der Waals surface area contributed by atoms with Crippen LogP contribution >= 0.6 is 0 Å². The highest BCUT2D eigenvalue weighted by Crippen LogP contribution is 2.49. The number of ketones is 1. The van der Waals surface area contributed by atoms with E-state index < -0.39 is 0 Å². The molecule has 2 atom stereocenters. The summed E-state index contributed by atoms with van der Waals surface area (Å²) in [5, 5.41) is 0. The largest absolute Gasteiger partial charge is 0.294 e. The molecule has 0 radical (unpaired) electrons. The Kier molecular flexibility index (Phi) is 3.43. The summed E-state index contributed by atoms with van der Waals surface area (Å²) in [7, 11) is 0. The highest BCUT2D eigenvalue weighted by atomic mass is 16.1. The Balaban J connectivity index is 1.71. The van der Waals surface area contributed by atoms with E-state index in [4.69, 9.17) is 0 Å². The van der Waals surface area contributed by atoms with Crippen LogP contribution < -0.4 is 0 Å². The summed E-state index contributed by atoms with van der Waals surface area (Å²) in [6, 6.07) is 16.7. The predicted octanol–water partition coefficient (Wildman–Crippen LogP) is 4.54. The molecule has 1 saturated carbocycles. The van der Waals surface area contributed by atoms with E-state index in [-0.39, 0.29) is 5.92 Å². The molecule has 3 rings (SSSR count). The minimum Gasteiger partial charge on any atom is -0.294 e. The smallest absolute Gasteiger partial charge is 0.166 e. The van der Waals surface area contributed by atoms with Crippen LogP contribution in [-0.4, -0.2) is 5.78 Å². The molecule has 1 aliphatic carbocycles. The summed E-state index contributed by atoms with van der Waals surface area (Å²) < 4.78 is 0. The van der Waals surface area contributed by atoms with E-state index in [0.29, 0.717) is 11.7 Å². The average Bonchev–Trinajstić information content (AvgIpc) is 3.28. The van der Waals surface area contributed by atoms with E-state index in [1.807, 2.05) is 31.2 Å². The van der Waals surface area contributed by atoms with Gasteiger partial charge in [-0.05, 0) is 36.8 Å². The molecule has 0 aliphatic heterocycles. The molecule has 0 saturated heterocycles. The molecule has 0 aromatic heterocycles. The first-order chi connectivity index (χ1) is 9.69. The highest BCUT2D eigenvalue weighted by molar-refractivity contribution is 6.00. The Bertz CT molecular complexity index is 607. The van der Waals surface area contributed by atoms with Crippen molar-refractivity contribution in [3.8, 4) is 0 Å². The summed E-state index contributed by atoms with van der Waals surface area (Å²) in [4.78, 5) is 12.4. The lowest BCUT2D eigenvalue weighted by atomic mass is 10.0. The first-order valence-corrected chi connectivity index (χ1v) is 7.38.